The highest BCUT2D eigenvalue weighted by Gasteiger charge is 1.99. The molecule has 0 aromatic carbocycles. The van der Waals surface area contributed by atoms with Crippen LogP contribution in [0.5, 0.6) is 0 Å². The molecule has 1 aliphatic rings. The van der Waals surface area contributed by atoms with Crippen molar-refractivity contribution >= 4 is 12.2 Å². The number of carbonyl (C=O) groups is 1. The fourth-order valence-electron chi connectivity index (χ4n) is 0.420. The zero-order valence-electron chi connectivity index (χ0n) is 3.85. The molecule has 0 spiro atoms. The summed E-state index contributed by atoms with van der Waals surface area (Å²) in [5.41, 5.74) is 0. The molecule has 0 aromatic rings. The van der Waals surface area contributed by atoms with Crippen LogP contribution >= 0.6 is 0 Å². The molecule has 0 aromatic heterocycles. The number of amides is 1. The van der Waals surface area contributed by atoms with Crippen molar-refractivity contribution in [3.8, 4) is 0 Å². The number of carbonyl (C=O) groups excluding carboxylic acids is 1. The number of rotatable bonds is 0. The smallest absolute Gasteiger partial charge is 0.226 e. The molecular weight excluding hydrogens is 92.1 g/mol. The predicted molar refractivity (Wildman–Crippen MR) is 26.1 cm³/mol. The van der Waals surface area contributed by atoms with E-state index >= 15 is 0 Å². The SMILES string of the molecule is O=C1CCN=CN1. The Bertz CT molecular complexity index is 108. The molecule has 1 heterocycles. The highest BCUT2D eigenvalue weighted by Crippen LogP contribution is 1.83. The second-order valence-electron chi connectivity index (χ2n) is 1.35. The number of hydrogen-bond acceptors (Lipinski definition) is 2. The third-order valence-corrected chi connectivity index (χ3v) is 0.785. The Hall–Kier alpha value is -0.860. The zero-order chi connectivity index (χ0) is 5.11. The van der Waals surface area contributed by atoms with Crippen molar-refractivity contribution in [1.82, 2.24) is 5.32 Å². The number of aliphatic imine (C=N–C) groups is 1. The Morgan fingerprint density at radius 3 is 3.00 bits per heavy atom. The normalized spacial score (nSPS) is 19.1. The quantitative estimate of drug-likeness (QED) is 0.437. The van der Waals surface area contributed by atoms with Gasteiger partial charge in [-0.1, -0.05) is 0 Å². The Morgan fingerprint density at radius 1 is 1.86 bits per heavy atom. The summed E-state index contributed by atoms with van der Waals surface area (Å²) in [7, 11) is 0. The zero-order valence-corrected chi connectivity index (χ0v) is 3.85. The van der Waals surface area contributed by atoms with E-state index in [1.54, 1.807) is 0 Å². The fourth-order valence-corrected chi connectivity index (χ4v) is 0.420. The van der Waals surface area contributed by atoms with Gasteiger partial charge in [0.05, 0.1) is 6.34 Å². The van der Waals surface area contributed by atoms with E-state index in [-0.39, 0.29) is 5.91 Å². The summed E-state index contributed by atoms with van der Waals surface area (Å²) in [6.07, 6.45) is 1.97. The second kappa shape index (κ2) is 1.73. The molecule has 0 saturated carbocycles. The van der Waals surface area contributed by atoms with Crippen molar-refractivity contribution in [2.45, 2.75) is 6.42 Å². The van der Waals surface area contributed by atoms with Gasteiger partial charge in [-0.25, -0.2) is 0 Å². The molecule has 1 N–H and O–H groups in total. The maximum absolute atomic E-state index is 10.3. The van der Waals surface area contributed by atoms with Crippen molar-refractivity contribution in [1.29, 1.82) is 0 Å². The molecule has 3 nitrogen and oxygen atoms in total. The van der Waals surface area contributed by atoms with Crippen molar-refractivity contribution in [2.24, 2.45) is 4.99 Å². The highest BCUT2D eigenvalue weighted by molar-refractivity contribution is 5.89. The topological polar surface area (TPSA) is 41.5 Å². The lowest BCUT2D eigenvalue weighted by molar-refractivity contribution is -0.119. The molecule has 1 aliphatic heterocycles. The molecule has 0 bridgehead atoms. The minimum Gasteiger partial charge on any atom is -0.317 e. The van der Waals surface area contributed by atoms with Crippen LogP contribution in [0.3, 0.4) is 0 Å². The van der Waals surface area contributed by atoms with Gasteiger partial charge < -0.3 is 5.32 Å². The van der Waals surface area contributed by atoms with Crippen molar-refractivity contribution < 1.29 is 4.79 Å². The first kappa shape index (κ1) is 4.30. The lowest BCUT2D eigenvalue weighted by Crippen LogP contribution is -2.25. The van der Waals surface area contributed by atoms with E-state index in [1.807, 2.05) is 0 Å². The third kappa shape index (κ3) is 0.994. The molecule has 7 heavy (non-hydrogen) atoms. The van der Waals surface area contributed by atoms with E-state index in [0.717, 1.165) is 0 Å². The Morgan fingerprint density at radius 2 is 2.71 bits per heavy atom. The van der Waals surface area contributed by atoms with E-state index in [4.69, 9.17) is 0 Å². The van der Waals surface area contributed by atoms with Crippen LogP contribution in [0.15, 0.2) is 4.99 Å². The third-order valence-electron chi connectivity index (χ3n) is 0.785. The Labute approximate surface area is 41.4 Å². The molecule has 3 heteroatoms. The first-order valence-corrected chi connectivity index (χ1v) is 2.17. The molecule has 0 fully saturated rings. The summed E-state index contributed by atoms with van der Waals surface area (Å²) >= 11 is 0. The fraction of sp³-hybridized carbons (Fsp3) is 0.500. The molecule has 0 saturated heterocycles. The van der Waals surface area contributed by atoms with E-state index < -0.39 is 0 Å². The lowest BCUT2D eigenvalue weighted by atomic mass is 10.4. The minimum atomic E-state index is 0.0648. The van der Waals surface area contributed by atoms with Crippen LogP contribution in [-0.2, 0) is 4.79 Å². The summed E-state index contributed by atoms with van der Waals surface area (Å²) in [6.45, 7) is 0.645. The average molecular weight is 98.1 g/mol. The summed E-state index contributed by atoms with van der Waals surface area (Å²) in [6, 6.07) is 0. The second-order valence-corrected chi connectivity index (χ2v) is 1.35. The van der Waals surface area contributed by atoms with Crippen molar-refractivity contribution in [3.05, 3.63) is 0 Å². The predicted octanol–water partition coefficient (Wildman–Crippen LogP) is -0.465. The molecule has 0 radical (unpaired) electrons. The molecule has 38 valence electrons. The van der Waals surface area contributed by atoms with Gasteiger partial charge in [0.1, 0.15) is 0 Å². The Kier molecular flexibility index (Phi) is 1.06. The van der Waals surface area contributed by atoms with Gasteiger partial charge in [-0.2, -0.15) is 0 Å². The van der Waals surface area contributed by atoms with Crippen LogP contribution in [0.1, 0.15) is 6.42 Å². The summed E-state index contributed by atoms with van der Waals surface area (Å²) < 4.78 is 0. The molecule has 0 unspecified atom stereocenters. The highest BCUT2D eigenvalue weighted by atomic mass is 16.1. The van der Waals surface area contributed by atoms with Crippen LogP contribution in [0.25, 0.3) is 0 Å². The maximum atomic E-state index is 10.3. The molecule has 1 amide bonds. The minimum absolute atomic E-state index is 0.0648. The first-order valence-electron chi connectivity index (χ1n) is 2.17. The molecule has 0 aliphatic carbocycles. The van der Waals surface area contributed by atoms with E-state index in [0.29, 0.717) is 13.0 Å². The van der Waals surface area contributed by atoms with Crippen LogP contribution in [-0.4, -0.2) is 18.8 Å². The van der Waals surface area contributed by atoms with Gasteiger partial charge in [0.15, 0.2) is 0 Å². The molecular formula is C4H6N2O. The van der Waals surface area contributed by atoms with E-state index in [2.05, 4.69) is 10.3 Å². The van der Waals surface area contributed by atoms with Crippen LogP contribution < -0.4 is 5.32 Å². The lowest BCUT2D eigenvalue weighted by Gasteiger charge is -2.00. The number of nitrogens with one attached hydrogen (secondary N) is 1. The summed E-state index contributed by atoms with van der Waals surface area (Å²) in [5.74, 6) is 0.0648. The van der Waals surface area contributed by atoms with Crippen LogP contribution in [0.4, 0.5) is 0 Å². The van der Waals surface area contributed by atoms with E-state index in [1.165, 1.54) is 6.34 Å². The standard InChI is InChI=1S/C4H6N2O/c7-4-1-2-5-3-6-4/h3H,1-2H2,(H,5,6,7). The van der Waals surface area contributed by atoms with Gasteiger partial charge in [-0.3, -0.25) is 9.79 Å². The first-order chi connectivity index (χ1) is 3.39. The van der Waals surface area contributed by atoms with Gasteiger partial charge in [-0.05, 0) is 0 Å². The van der Waals surface area contributed by atoms with Crippen LogP contribution in [0, 0.1) is 0 Å². The van der Waals surface area contributed by atoms with Gasteiger partial charge in [0.2, 0.25) is 5.91 Å². The van der Waals surface area contributed by atoms with E-state index in [9.17, 15) is 4.79 Å². The van der Waals surface area contributed by atoms with Crippen molar-refractivity contribution in [3.63, 3.8) is 0 Å². The average Bonchev–Trinajstić information content (AvgIpc) is 1.69. The summed E-state index contributed by atoms with van der Waals surface area (Å²) in [4.78, 5) is 14.0. The molecule has 0 atom stereocenters. The summed E-state index contributed by atoms with van der Waals surface area (Å²) in [5, 5.41) is 2.45. The van der Waals surface area contributed by atoms with Gasteiger partial charge >= 0.3 is 0 Å². The van der Waals surface area contributed by atoms with Gasteiger partial charge in [-0.15, -0.1) is 0 Å². The number of hydrogen-bond donors (Lipinski definition) is 1. The van der Waals surface area contributed by atoms with Crippen molar-refractivity contribution in [2.75, 3.05) is 6.54 Å². The van der Waals surface area contributed by atoms with Crippen LogP contribution in [0.2, 0.25) is 0 Å². The molecule has 1 rings (SSSR count). The van der Waals surface area contributed by atoms with Gasteiger partial charge in [0.25, 0.3) is 0 Å². The Balaban J connectivity index is 2.47. The number of nitrogens with zero attached hydrogens (tertiary/aromatic N) is 1. The monoisotopic (exact) mass is 98.0 g/mol. The van der Waals surface area contributed by atoms with Gasteiger partial charge in [0, 0.05) is 13.0 Å². The largest absolute Gasteiger partial charge is 0.317 e. The maximum Gasteiger partial charge on any atom is 0.226 e.